The predicted molar refractivity (Wildman–Crippen MR) is 78.1 cm³/mol. The Balaban J connectivity index is 1.83. The summed E-state index contributed by atoms with van der Waals surface area (Å²) in [6.07, 6.45) is -1.86. The number of fused-ring (bicyclic) bond motifs is 1. The molecule has 0 unspecified atom stereocenters. The summed E-state index contributed by atoms with van der Waals surface area (Å²) in [5.74, 6) is 0.196. The third-order valence-corrected chi connectivity index (χ3v) is 3.79. The van der Waals surface area contributed by atoms with Gasteiger partial charge in [-0.1, -0.05) is 17.8 Å². The lowest BCUT2D eigenvalue weighted by atomic mass is 10.4. The molecular formula is C14H9F3N4OS. The normalized spacial score (nSPS) is 11.8. The molecular weight excluding hydrogens is 329 g/mol. The second kappa shape index (κ2) is 5.99. The molecule has 0 aliphatic rings. The first-order valence-corrected chi connectivity index (χ1v) is 7.42. The van der Waals surface area contributed by atoms with Crippen LogP contribution in [-0.4, -0.2) is 19.4 Å². The smallest absolute Gasteiger partial charge is 0.269 e. The van der Waals surface area contributed by atoms with E-state index >= 15 is 0 Å². The van der Waals surface area contributed by atoms with E-state index in [9.17, 15) is 18.0 Å². The minimum Gasteiger partial charge on any atom is -0.269 e. The lowest BCUT2D eigenvalue weighted by Crippen LogP contribution is -2.14. The third kappa shape index (κ3) is 3.50. The van der Waals surface area contributed by atoms with Gasteiger partial charge in [-0.3, -0.25) is 9.20 Å². The van der Waals surface area contributed by atoms with Gasteiger partial charge in [-0.05, 0) is 18.2 Å². The third-order valence-electron chi connectivity index (χ3n) is 2.90. The van der Waals surface area contributed by atoms with Crippen LogP contribution in [0.5, 0.6) is 0 Å². The zero-order chi connectivity index (χ0) is 16.4. The number of rotatable bonds is 3. The first-order chi connectivity index (χ1) is 10.9. The average molecular weight is 338 g/mol. The van der Waals surface area contributed by atoms with Crippen molar-refractivity contribution in [3.8, 4) is 0 Å². The van der Waals surface area contributed by atoms with Crippen molar-refractivity contribution in [2.45, 2.75) is 17.1 Å². The van der Waals surface area contributed by atoms with Crippen molar-refractivity contribution in [3.05, 3.63) is 64.5 Å². The Hall–Kier alpha value is -2.42. The van der Waals surface area contributed by atoms with Crippen LogP contribution in [0.1, 0.15) is 11.4 Å². The van der Waals surface area contributed by atoms with Crippen molar-refractivity contribution in [1.82, 2.24) is 19.4 Å². The summed E-state index contributed by atoms with van der Waals surface area (Å²) in [6.45, 7) is 0. The Kier molecular flexibility index (Phi) is 4.03. The highest BCUT2D eigenvalue weighted by molar-refractivity contribution is 7.98. The second-order valence-corrected chi connectivity index (χ2v) is 5.47. The molecule has 0 fully saturated rings. The monoisotopic (exact) mass is 338 g/mol. The van der Waals surface area contributed by atoms with Crippen LogP contribution in [0.3, 0.4) is 0 Å². The quantitative estimate of drug-likeness (QED) is 0.543. The van der Waals surface area contributed by atoms with Crippen LogP contribution in [0.25, 0.3) is 5.65 Å². The summed E-state index contributed by atoms with van der Waals surface area (Å²) in [4.78, 5) is 23.5. The van der Waals surface area contributed by atoms with E-state index in [0.717, 1.165) is 24.0 Å². The van der Waals surface area contributed by atoms with E-state index in [1.165, 1.54) is 10.5 Å². The van der Waals surface area contributed by atoms with E-state index in [-0.39, 0.29) is 16.5 Å². The number of thioether (sulfide) groups is 1. The molecule has 0 N–H and O–H groups in total. The fourth-order valence-electron chi connectivity index (χ4n) is 1.88. The van der Waals surface area contributed by atoms with Crippen molar-refractivity contribution in [2.75, 3.05) is 0 Å². The Morgan fingerprint density at radius 1 is 1.17 bits per heavy atom. The highest BCUT2D eigenvalue weighted by atomic mass is 32.2. The Bertz CT molecular complexity index is 910. The van der Waals surface area contributed by atoms with Gasteiger partial charge in [-0.25, -0.2) is 15.0 Å². The maximum absolute atomic E-state index is 12.6. The molecule has 0 saturated carbocycles. The lowest BCUT2D eigenvalue weighted by molar-refractivity contribution is -0.141. The molecule has 0 bridgehead atoms. The summed E-state index contributed by atoms with van der Waals surface area (Å²) >= 11 is 0.988. The molecule has 5 nitrogen and oxygen atoms in total. The number of halogens is 3. The largest absolute Gasteiger partial charge is 0.433 e. The molecule has 3 aromatic rings. The van der Waals surface area contributed by atoms with Gasteiger partial charge < -0.3 is 0 Å². The maximum Gasteiger partial charge on any atom is 0.433 e. The van der Waals surface area contributed by atoms with Crippen LogP contribution >= 0.6 is 11.8 Å². The summed E-state index contributed by atoms with van der Waals surface area (Å²) < 4.78 is 39.2. The molecule has 118 valence electrons. The zero-order valence-corrected chi connectivity index (χ0v) is 12.3. The van der Waals surface area contributed by atoms with E-state index in [1.807, 2.05) is 0 Å². The topological polar surface area (TPSA) is 60.2 Å². The van der Waals surface area contributed by atoms with E-state index < -0.39 is 11.9 Å². The first kappa shape index (κ1) is 15.5. The van der Waals surface area contributed by atoms with Gasteiger partial charge in [0.25, 0.3) is 5.56 Å². The summed E-state index contributed by atoms with van der Waals surface area (Å²) in [7, 11) is 0. The van der Waals surface area contributed by atoms with Crippen LogP contribution in [0.15, 0.2) is 52.7 Å². The Morgan fingerprint density at radius 2 is 2.00 bits per heavy atom. The highest BCUT2D eigenvalue weighted by Crippen LogP contribution is 2.28. The van der Waals surface area contributed by atoms with Gasteiger partial charge in [0, 0.05) is 24.2 Å². The number of pyridine rings is 1. The van der Waals surface area contributed by atoms with Crippen molar-refractivity contribution in [3.63, 3.8) is 0 Å². The van der Waals surface area contributed by atoms with E-state index in [2.05, 4.69) is 15.0 Å². The fraction of sp³-hybridized carbons (Fsp3) is 0.143. The molecule has 0 spiro atoms. The number of aromatic nitrogens is 4. The summed E-state index contributed by atoms with van der Waals surface area (Å²) in [5, 5.41) is -0.0186. The van der Waals surface area contributed by atoms with Crippen molar-refractivity contribution < 1.29 is 13.2 Å². The SMILES string of the molecule is O=c1cc(CSc2nccc(C(F)(F)F)n2)nc2ccccn12. The van der Waals surface area contributed by atoms with Crippen LogP contribution in [0, 0.1) is 0 Å². The van der Waals surface area contributed by atoms with Crippen LogP contribution in [0.4, 0.5) is 13.2 Å². The van der Waals surface area contributed by atoms with Gasteiger partial charge >= 0.3 is 6.18 Å². The molecule has 23 heavy (non-hydrogen) atoms. The molecule has 3 heterocycles. The van der Waals surface area contributed by atoms with Gasteiger partial charge in [0.05, 0.1) is 5.69 Å². The summed E-state index contributed by atoms with van der Waals surface area (Å²) in [6, 6.07) is 7.28. The highest BCUT2D eigenvalue weighted by Gasteiger charge is 2.32. The fourth-order valence-corrected chi connectivity index (χ4v) is 2.61. The Labute approximate surface area is 132 Å². The number of nitrogens with zero attached hydrogens (tertiary/aromatic N) is 4. The van der Waals surface area contributed by atoms with Gasteiger partial charge in [0.2, 0.25) is 0 Å². The summed E-state index contributed by atoms with van der Waals surface area (Å²) in [5.41, 5.74) is -0.328. The van der Waals surface area contributed by atoms with Crippen molar-refractivity contribution in [2.24, 2.45) is 0 Å². The number of hydrogen-bond donors (Lipinski definition) is 0. The van der Waals surface area contributed by atoms with Crippen LogP contribution in [-0.2, 0) is 11.9 Å². The lowest BCUT2D eigenvalue weighted by Gasteiger charge is -2.07. The van der Waals surface area contributed by atoms with Crippen molar-refractivity contribution in [1.29, 1.82) is 0 Å². The van der Waals surface area contributed by atoms with Crippen LogP contribution < -0.4 is 5.56 Å². The Morgan fingerprint density at radius 3 is 2.78 bits per heavy atom. The molecule has 0 aliphatic heterocycles. The van der Waals surface area contributed by atoms with Gasteiger partial charge in [0.1, 0.15) is 11.3 Å². The molecule has 3 aromatic heterocycles. The van der Waals surface area contributed by atoms with Gasteiger partial charge in [-0.2, -0.15) is 13.2 Å². The van der Waals surface area contributed by atoms with E-state index in [1.54, 1.807) is 24.4 Å². The van der Waals surface area contributed by atoms with Gasteiger partial charge in [0.15, 0.2) is 5.16 Å². The molecule has 3 rings (SSSR count). The number of alkyl halides is 3. The molecule has 0 aliphatic carbocycles. The standard InChI is InChI=1S/C14H9F3N4OS/c15-14(16,17)10-4-5-18-13(20-10)23-8-9-7-12(22)21-6-2-1-3-11(21)19-9/h1-7H,8H2. The number of hydrogen-bond acceptors (Lipinski definition) is 5. The molecule has 0 atom stereocenters. The molecule has 0 saturated heterocycles. The van der Waals surface area contributed by atoms with Crippen LogP contribution in [0.2, 0.25) is 0 Å². The predicted octanol–water partition coefficient (Wildman–Crippen LogP) is 2.80. The zero-order valence-electron chi connectivity index (χ0n) is 11.5. The molecule has 0 aromatic carbocycles. The van der Waals surface area contributed by atoms with Gasteiger partial charge in [-0.15, -0.1) is 0 Å². The van der Waals surface area contributed by atoms with E-state index in [0.29, 0.717) is 11.3 Å². The minimum absolute atomic E-state index is 0.0186. The maximum atomic E-state index is 12.6. The molecule has 0 radical (unpaired) electrons. The average Bonchev–Trinajstić information content (AvgIpc) is 2.52. The second-order valence-electron chi connectivity index (χ2n) is 4.53. The minimum atomic E-state index is -4.52. The van der Waals surface area contributed by atoms with E-state index in [4.69, 9.17) is 0 Å². The van der Waals surface area contributed by atoms with Crippen molar-refractivity contribution >= 4 is 17.4 Å². The molecule has 9 heteroatoms. The first-order valence-electron chi connectivity index (χ1n) is 6.44. The molecule has 0 amide bonds.